The van der Waals surface area contributed by atoms with Crippen molar-refractivity contribution in [1.82, 2.24) is 0 Å². The number of hydrogen-bond acceptors (Lipinski definition) is 0. The molecule has 0 nitrogen and oxygen atoms in total. The summed E-state index contributed by atoms with van der Waals surface area (Å²) >= 11 is 0. The van der Waals surface area contributed by atoms with Gasteiger partial charge in [0, 0.05) is 0 Å². The van der Waals surface area contributed by atoms with Crippen molar-refractivity contribution < 1.29 is 0 Å². The van der Waals surface area contributed by atoms with Crippen molar-refractivity contribution in [2.45, 2.75) is 78.9 Å². The molecule has 0 amide bonds. The van der Waals surface area contributed by atoms with Crippen LogP contribution in [0.25, 0.3) is 0 Å². The van der Waals surface area contributed by atoms with E-state index in [1.165, 1.54) is 25.7 Å². The summed E-state index contributed by atoms with van der Waals surface area (Å²) in [7, 11) is 2.91. The second kappa shape index (κ2) is 4.32. The molecule has 0 aromatic heterocycles. The maximum absolute atomic E-state index is 2.91. The Morgan fingerprint density at radius 2 is 1.05 bits per heavy atom. The number of hydrogen-bond donors (Lipinski definition) is 0. The van der Waals surface area contributed by atoms with Gasteiger partial charge < -0.3 is 0 Å². The highest BCUT2D eigenvalue weighted by atomic mass is 14.7. The van der Waals surface area contributed by atoms with E-state index in [-0.39, 0.29) is 0 Å². The van der Waals surface area contributed by atoms with Crippen molar-refractivity contribution in [3.63, 3.8) is 0 Å². The summed E-state index contributed by atoms with van der Waals surface area (Å²) in [5.41, 5.74) is 1.28. The lowest BCUT2D eigenvalue weighted by Crippen LogP contribution is -2.29. The Morgan fingerprint density at radius 3 is 1.43 bits per heavy atom. The van der Waals surface area contributed by atoms with E-state index in [1.54, 1.807) is 0 Å². The van der Waals surface area contributed by atoms with E-state index in [0.29, 0.717) is 10.8 Å². The molecular formula is C20H34B. The first kappa shape index (κ1) is 14.6. The summed E-state index contributed by atoms with van der Waals surface area (Å²) in [4.78, 5) is 0. The first-order valence-corrected chi connectivity index (χ1v) is 9.61. The normalized spacial score (nSPS) is 56.1. The van der Waals surface area contributed by atoms with Gasteiger partial charge in [-0.1, -0.05) is 66.0 Å². The third kappa shape index (κ3) is 1.94. The summed E-state index contributed by atoms with van der Waals surface area (Å²) in [5, 5.41) is 0. The fourth-order valence-electron chi connectivity index (χ4n) is 7.06. The molecule has 21 heavy (non-hydrogen) atoms. The van der Waals surface area contributed by atoms with Crippen LogP contribution in [0.1, 0.15) is 67.2 Å². The van der Waals surface area contributed by atoms with E-state index in [9.17, 15) is 0 Å². The van der Waals surface area contributed by atoms with Crippen LogP contribution in [0, 0.1) is 46.3 Å². The number of fused-ring (bicyclic) bond motifs is 2. The van der Waals surface area contributed by atoms with Crippen LogP contribution in [0.4, 0.5) is 0 Å². The number of rotatable bonds is 2. The average molecular weight is 285 g/mol. The van der Waals surface area contributed by atoms with Gasteiger partial charge in [0.2, 0.25) is 0 Å². The highest BCUT2D eigenvalue weighted by Gasteiger charge is 2.66. The molecule has 4 saturated carbocycles. The standard InChI is InChI=1S/C20H34B/c1-11-7-9-13-15(19(13,3)4)17(11)21-18-12(2)8-10-14-16(18)20(14,5)6/h11-18H,7-10H2,1-6H3/t11-,12-,13+,14+,15-,16+,17+,18+/m0/s1. The van der Waals surface area contributed by atoms with Crippen LogP contribution < -0.4 is 0 Å². The molecule has 0 spiro atoms. The summed E-state index contributed by atoms with van der Waals surface area (Å²) < 4.78 is 0. The predicted octanol–water partition coefficient (Wildman–Crippen LogP) is 5.67. The second-order valence-corrected chi connectivity index (χ2v) is 10.4. The topological polar surface area (TPSA) is 0 Å². The Balaban J connectivity index is 1.52. The van der Waals surface area contributed by atoms with Gasteiger partial charge in [0.25, 0.3) is 0 Å². The zero-order valence-corrected chi connectivity index (χ0v) is 15.0. The Kier molecular flexibility index (Phi) is 3.02. The summed E-state index contributed by atoms with van der Waals surface area (Å²) in [6.45, 7) is 15.2. The molecule has 0 N–H and O–H groups in total. The fourth-order valence-corrected chi connectivity index (χ4v) is 7.06. The molecule has 1 radical (unpaired) electrons. The van der Waals surface area contributed by atoms with Crippen LogP contribution in [-0.2, 0) is 0 Å². The van der Waals surface area contributed by atoms with Gasteiger partial charge in [-0.15, -0.1) is 0 Å². The van der Waals surface area contributed by atoms with Gasteiger partial charge in [-0.2, -0.15) is 0 Å². The first-order chi connectivity index (χ1) is 9.76. The van der Waals surface area contributed by atoms with E-state index < -0.39 is 0 Å². The maximum atomic E-state index is 2.91. The molecule has 0 unspecified atom stereocenters. The molecular weight excluding hydrogens is 251 g/mol. The predicted molar refractivity (Wildman–Crippen MR) is 91.6 cm³/mol. The average Bonchev–Trinajstić information content (AvgIpc) is 3.17. The van der Waals surface area contributed by atoms with Crippen molar-refractivity contribution in [3.8, 4) is 0 Å². The van der Waals surface area contributed by atoms with Gasteiger partial charge in [-0.25, -0.2) is 0 Å². The molecule has 0 heterocycles. The van der Waals surface area contributed by atoms with Crippen LogP contribution in [0.5, 0.6) is 0 Å². The van der Waals surface area contributed by atoms with Gasteiger partial charge in [0.15, 0.2) is 0 Å². The van der Waals surface area contributed by atoms with Crippen LogP contribution in [0.15, 0.2) is 0 Å². The van der Waals surface area contributed by atoms with Crippen LogP contribution in [0.2, 0.25) is 11.6 Å². The Labute approximate surface area is 133 Å². The van der Waals surface area contributed by atoms with Crippen LogP contribution in [-0.4, -0.2) is 7.28 Å². The van der Waals surface area contributed by atoms with Gasteiger partial charge in [-0.05, 0) is 59.2 Å². The van der Waals surface area contributed by atoms with Crippen molar-refractivity contribution >= 4 is 7.28 Å². The minimum absolute atomic E-state index is 0.641. The van der Waals surface area contributed by atoms with Crippen LogP contribution in [0.3, 0.4) is 0 Å². The molecule has 4 aliphatic rings. The molecule has 1 heteroatoms. The van der Waals surface area contributed by atoms with Gasteiger partial charge >= 0.3 is 0 Å². The van der Waals surface area contributed by atoms with E-state index in [2.05, 4.69) is 48.8 Å². The van der Waals surface area contributed by atoms with E-state index in [1.807, 2.05) is 0 Å². The fraction of sp³-hybridized carbons (Fsp3) is 1.00. The third-order valence-corrected chi connectivity index (χ3v) is 8.73. The van der Waals surface area contributed by atoms with Crippen molar-refractivity contribution in [1.29, 1.82) is 0 Å². The summed E-state index contributed by atoms with van der Waals surface area (Å²) in [6, 6.07) is 0. The Hall–Kier alpha value is 0.0649. The second-order valence-electron chi connectivity index (χ2n) is 10.4. The molecule has 4 rings (SSSR count). The lowest BCUT2D eigenvalue weighted by atomic mass is 9.43. The van der Waals surface area contributed by atoms with Crippen molar-refractivity contribution in [3.05, 3.63) is 0 Å². The lowest BCUT2D eigenvalue weighted by molar-refractivity contribution is 0.334. The monoisotopic (exact) mass is 285 g/mol. The van der Waals surface area contributed by atoms with E-state index >= 15 is 0 Å². The molecule has 8 atom stereocenters. The highest BCUT2D eigenvalue weighted by molar-refractivity contribution is 6.40. The minimum Gasteiger partial charge on any atom is -0.0629 e. The highest BCUT2D eigenvalue weighted by Crippen LogP contribution is 2.74. The molecule has 0 aromatic carbocycles. The molecule has 4 fully saturated rings. The van der Waals surface area contributed by atoms with E-state index in [4.69, 9.17) is 0 Å². The molecule has 4 aliphatic carbocycles. The molecule has 0 bridgehead atoms. The van der Waals surface area contributed by atoms with Gasteiger partial charge in [-0.3, -0.25) is 0 Å². The molecule has 0 saturated heterocycles. The zero-order chi connectivity index (χ0) is 15.2. The largest absolute Gasteiger partial charge is 0.119 e. The van der Waals surface area contributed by atoms with Crippen molar-refractivity contribution in [2.24, 2.45) is 46.3 Å². The Bertz CT molecular complexity index is 397. The first-order valence-electron chi connectivity index (χ1n) is 9.61. The molecule has 0 aliphatic heterocycles. The summed E-state index contributed by atoms with van der Waals surface area (Å²) in [6.07, 6.45) is 5.95. The quantitative estimate of drug-likeness (QED) is 0.573. The maximum Gasteiger partial charge on any atom is 0.119 e. The van der Waals surface area contributed by atoms with Gasteiger partial charge in [0.05, 0.1) is 0 Å². The summed E-state index contributed by atoms with van der Waals surface area (Å²) in [5.74, 6) is 7.80. The molecule has 117 valence electrons. The smallest absolute Gasteiger partial charge is 0.0629 e. The van der Waals surface area contributed by atoms with Crippen molar-refractivity contribution in [2.75, 3.05) is 0 Å². The lowest BCUT2D eigenvalue weighted by Gasteiger charge is -2.36. The third-order valence-electron chi connectivity index (χ3n) is 8.73. The van der Waals surface area contributed by atoms with E-state index in [0.717, 1.165) is 47.1 Å². The SMILES string of the molecule is C[C@H]1CC[C@@H]2[C@@H]([C@@H]1[B][C@H]1[C@H]3[C@@H](CC[C@@H]1C)C3(C)C)C2(C)C. The molecule has 0 aromatic rings. The minimum atomic E-state index is 0.641. The van der Waals surface area contributed by atoms with Gasteiger partial charge in [0.1, 0.15) is 7.28 Å². The Morgan fingerprint density at radius 1 is 0.667 bits per heavy atom. The zero-order valence-electron chi connectivity index (χ0n) is 15.0. The van der Waals surface area contributed by atoms with Crippen LogP contribution >= 0.6 is 0 Å².